The summed E-state index contributed by atoms with van der Waals surface area (Å²) >= 11 is 6.15. The van der Waals surface area contributed by atoms with E-state index in [4.69, 9.17) is 16.3 Å². The first kappa shape index (κ1) is 22.8. The van der Waals surface area contributed by atoms with E-state index in [1.807, 2.05) is 24.8 Å². The summed E-state index contributed by atoms with van der Waals surface area (Å²) in [6.07, 6.45) is 3.46. The molecule has 2 aliphatic rings. The minimum atomic E-state index is -0.273. The van der Waals surface area contributed by atoms with Crippen molar-refractivity contribution in [2.75, 3.05) is 58.2 Å². The minimum Gasteiger partial charge on any atom is -0.495 e. The number of hydrogen-bond acceptors (Lipinski definition) is 5. The lowest BCUT2D eigenvalue weighted by Crippen LogP contribution is -2.54. The van der Waals surface area contributed by atoms with Crippen LogP contribution in [0, 0.1) is 6.92 Å². The minimum absolute atomic E-state index is 0.0761. The second-order valence-electron chi connectivity index (χ2n) is 8.22. The number of halogens is 1. The van der Waals surface area contributed by atoms with Gasteiger partial charge in [-0.15, -0.1) is 0 Å². The first-order chi connectivity index (χ1) is 14.4. The number of hydrogen-bond donors (Lipinski definition) is 1. The molecule has 0 bridgehead atoms. The smallest absolute Gasteiger partial charge is 0.241 e. The Labute approximate surface area is 184 Å². The van der Waals surface area contributed by atoms with E-state index in [1.54, 1.807) is 13.2 Å². The summed E-state index contributed by atoms with van der Waals surface area (Å²) in [5.41, 5.74) is 1.51. The molecule has 0 radical (unpaired) electrons. The summed E-state index contributed by atoms with van der Waals surface area (Å²) in [6.45, 7) is 9.19. The molecule has 1 N–H and O–H groups in total. The maximum absolute atomic E-state index is 12.8. The van der Waals surface area contributed by atoms with Crippen LogP contribution in [0.15, 0.2) is 12.1 Å². The third kappa shape index (κ3) is 5.65. The Morgan fingerprint density at radius 3 is 2.40 bits per heavy atom. The zero-order valence-electron chi connectivity index (χ0n) is 18.2. The molecule has 2 fully saturated rings. The summed E-state index contributed by atoms with van der Waals surface area (Å²) in [4.78, 5) is 31.7. The van der Waals surface area contributed by atoms with Gasteiger partial charge in [0.1, 0.15) is 5.75 Å². The summed E-state index contributed by atoms with van der Waals surface area (Å²) in [6, 6.07) is 3.27. The second-order valence-corrected chi connectivity index (χ2v) is 8.63. The number of aryl methyl sites for hydroxylation is 1. The number of anilines is 1. The van der Waals surface area contributed by atoms with Crippen LogP contribution in [0.1, 0.15) is 31.7 Å². The summed E-state index contributed by atoms with van der Waals surface area (Å²) in [7, 11) is 1.56. The quantitative estimate of drug-likeness (QED) is 0.742. The monoisotopic (exact) mass is 436 g/mol. The number of ether oxygens (including phenoxy) is 1. The van der Waals surface area contributed by atoms with E-state index in [2.05, 4.69) is 15.1 Å². The molecule has 2 heterocycles. The number of methoxy groups -OCH3 is 1. The Hall–Kier alpha value is -1.83. The number of nitrogens with one attached hydrogen (secondary N) is 1. The van der Waals surface area contributed by atoms with Crippen LogP contribution in [-0.2, 0) is 9.59 Å². The van der Waals surface area contributed by atoms with Gasteiger partial charge in [-0.1, -0.05) is 11.6 Å². The maximum Gasteiger partial charge on any atom is 0.241 e. The lowest BCUT2D eigenvalue weighted by Gasteiger charge is -2.38. The first-order valence-electron chi connectivity index (χ1n) is 10.8. The number of piperazine rings is 1. The molecular formula is C22H33ClN4O3. The maximum atomic E-state index is 12.8. The highest BCUT2D eigenvalue weighted by atomic mass is 35.5. The third-order valence-electron chi connectivity index (χ3n) is 6.14. The highest BCUT2D eigenvalue weighted by Crippen LogP contribution is 2.31. The van der Waals surface area contributed by atoms with Gasteiger partial charge in [-0.05, 0) is 44.7 Å². The van der Waals surface area contributed by atoms with Gasteiger partial charge in [-0.25, -0.2) is 0 Å². The van der Waals surface area contributed by atoms with Crippen LogP contribution >= 0.6 is 11.6 Å². The molecule has 1 atom stereocenters. The Morgan fingerprint density at radius 1 is 1.10 bits per heavy atom. The molecule has 2 amide bonds. The fourth-order valence-electron chi connectivity index (χ4n) is 4.08. The fourth-order valence-corrected chi connectivity index (χ4v) is 4.23. The van der Waals surface area contributed by atoms with Gasteiger partial charge in [0.05, 0.1) is 25.4 Å². The Kier molecular flexibility index (Phi) is 7.97. The molecule has 0 aromatic heterocycles. The summed E-state index contributed by atoms with van der Waals surface area (Å²) in [5.74, 6) is 0.708. The average molecular weight is 437 g/mol. The van der Waals surface area contributed by atoms with Crippen molar-refractivity contribution in [3.8, 4) is 5.75 Å². The van der Waals surface area contributed by atoms with Crippen molar-refractivity contribution in [3.05, 3.63) is 22.7 Å². The van der Waals surface area contributed by atoms with Crippen molar-refractivity contribution >= 4 is 29.1 Å². The van der Waals surface area contributed by atoms with Crippen LogP contribution in [0.5, 0.6) is 5.75 Å². The van der Waals surface area contributed by atoms with Crippen LogP contribution in [0.3, 0.4) is 0 Å². The van der Waals surface area contributed by atoms with Gasteiger partial charge in [-0.2, -0.15) is 0 Å². The van der Waals surface area contributed by atoms with Crippen molar-refractivity contribution < 1.29 is 14.3 Å². The van der Waals surface area contributed by atoms with E-state index in [9.17, 15) is 9.59 Å². The van der Waals surface area contributed by atoms with E-state index >= 15 is 0 Å². The largest absolute Gasteiger partial charge is 0.495 e. The Balaban J connectivity index is 1.50. The van der Waals surface area contributed by atoms with Gasteiger partial charge in [0.25, 0.3) is 0 Å². The van der Waals surface area contributed by atoms with Crippen molar-refractivity contribution in [2.24, 2.45) is 0 Å². The van der Waals surface area contributed by atoms with Crippen molar-refractivity contribution in [2.45, 2.75) is 39.2 Å². The fraction of sp³-hybridized carbons (Fsp3) is 0.636. The van der Waals surface area contributed by atoms with Crippen LogP contribution in [0.2, 0.25) is 5.02 Å². The molecule has 2 saturated heterocycles. The molecule has 7 nitrogen and oxygen atoms in total. The number of carbonyl (C=O) groups is 2. The number of nitrogens with zero attached hydrogens (tertiary/aromatic N) is 3. The highest BCUT2D eigenvalue weighted by molar-refractivity contribution is 6.31. The number of piperidine rings is 1. The van der Waals surface area contributed by atoms with E-state index in [1.165, 1.54) is 6.42 Å². The molecule has 1 unspecified atom stereocenters. The van der Waals surface area contributed by atoms with Crippen molar-refractivity contribution in [1.29, 1.82) is 0 Å². The molecular weight excluding hydrogens is 404 g/mol. The van der Waals surface area contributed by atoms with Crippen LogP contribution in [0.25, 0.3) is 0 Å². The van der Waals surface area contributed by atoms with Gasteiger partial charge in [0.2, 0.25) is 11.8 Å². The summed E-state index contributed by atoms with van der Waals surface area (Å²) < 4.78 is 5.35. The van der Waals surface area contributed by atoms with Crippen LogP contribution in [-0.4, -0.2) is 85.5 Å². The number of likely N-dealkylation sites (tertiary alicyclic amines) is 1. The molecule has 0 saturated carbocycles. The van der Waals surface area contributed by atoms with Gasteiger partial charge < -0.3 is 15.0 Å². The number of rotatable bonds is 6. The van der Waals surface area contributed by atoms with E-state index in [0.29, 0.717) is 23.0 Å². The normalized spacial score (nSPS) is 19.4. The molecule has 8 heteroatoms. The highest BCUT2D eigenvalue weighted by Gasteiger charge is 2.28. The predicted molar refractivity (Wildman–Crippen MR) is 119 cm³/mol. The molecule has 3 rings (SSSR count). The number of amides is 2. The van der Waals surface area contributed by atoms with Crippen molar-refractivity contribution in [3.63, 3.8) is 0 Å². The predicted octanol–water partition coefficient (Wildman–Crippen LogP) is 2.61. The first-order valence-corrected chi connectivity index (χ1v) is 11.2. The number of benzene rings is 1. The van der Waals surface area contributed by atoms with E-state index < -0.39 is 0 Å². The molecule has 1 aromatic carbocycles. The van der Waals surface area contributed by atoms with E-state index in [0.717, 1.165) is 57.7 Å². The van der Waals surface area contributed by atoms with Gasteiger partial charge in [0, 0.05) is 50.4 Å². The third-order valence-corrected chi connectivity index (χ3v) is 6.55. The molecule has 30 heavy (non-hydrogen) atoms. The second kappa shape index (κ2) is 10.5. The molecule has 166 valence electrons. The molecule has 0 aliphatic carbocycles. The van der Waals surface area contributed by atoms with Crippen LogP contribution < -0.4 is 10.1 Å². The van der Waals surface area contributed by atoms with E-state index in [-0.39, 0.29) is 17.9 Å². The van der Waals surface area contributed by atoms with Gasteiger partial charge in [-0.3, -0.25) is 19.4 Å². The van der Waals surface area contributed by atoms with Crippen LogP contribution in [0.4, 0.5) is 5.69 Å². The zero-order chi connectivity index (χ0) is 21.7. The average Bonchev–Trinajstić information content (AvgIpc) is 2.76. The number of carbonyl (C=O) groups excluding carboxylic acids is 2. The summed E-state index contributed by atoms with van der Waals surface area (Å²) in [5, 5.41) is 3.58. The Bertz CT molecular complexity index is 759. The lowest BCUT2D eigenvalue weighted by atomic mass is 10.1. The van der Waals surface area contributed by atoms with Crippen molar-refractivity contribution in [1.82, 2.24) is 14.7 Å². The zero-order valence-corrected chi connectivity index (χ0v) is 19.0. The lowest BCUT2D eigenvalue weighted by molar-refractivity contribution is -0.134. The Morgan fingerprint density at radius 2 is 1.77 bits per heavy atom. The topological polar surface area (TPSA) is 65.1 Å². The molecule has 2 aliphatic heterocycles. The molecule has 0 spiro atoms. The van der Waals surface area contributed by atoms with Gasteiger partial charge >= 0.3 is 0 Å². The van der Waals surface area contributed by atoms with Gasteiger partial charge in [0.15, 0.2) is 0 Å². The SMILES string of the molecule is COc1cc(Cl)c(C)cc1NC(=O)C(C)N1CCN(CC(=O)N2CCCCC2)CC1. The molecule has 1 aromatic rings. The standard InChI is InChI=1S/C22H33ClN4O3/c1-16-13-19(20(30-3)14-18(16)23)24-22(29)17(2)26-11-9-25(10-12-26)15-21(28)27-7-5-4-6-8-27/h13-14,17H,4-12,15H2,1-3H3,(H,24,29).